The Bertz CT molecular complexity index is 420. The summed E-state index contributed by atoms with van der Waals surface area (Å²) in [4.78, 5) is 0. The molecule has 0 N–H and O–H groups in total. The maximum Gasteiger partial charge on any atom is 0.226 e. The smallest absolute Gasteiger partial charge is 0.226 e. The second-order valence-electron chi connectivity index (χ2n) is 3.76. The Hall–Kier alpha value is -1.64. The van der Waals surface area contributed by atoms with E-state index >= 15 is 0 Å². The van der Waals surface area contributed by atoms with E-state index in [-0.39, 0.29) is 0 Å². The van der Waals surface area contributed by atoms with Crippen LogP contribution in [0.1, 0.15) is 38.8 Å². The van der Waals surface area contributed by atoms with Crippen LogP contribution in [0, 0.1) is 0 Å². The van der Waals surface area contributed by atoms with Gasteiger partial charge in [0.2, 0.25) is 5.79 Å². The minimum absolute atomic E-state index is 0.351. The SMILES string of the molecule is CC.CC.c1ccc(C2(c3ccccc3)OCO2)cc1. The third-order valence-corrected chi connectivity index (χ3v) is 2.83. The summed E-state index contributed by atoms with van der Waals surface area (Å²) in [6.07, 6.45) is 0. The van der Waals surface area contributed by atoms with Gasteiger partial charge in [0.25, 0.3) is 0 Å². The molecule has 0 radical (unpaired) electrons. The number of benzene rings is 2. The molecule has 2 aromatic carbocycles. The van der Waals surface area contributed by atoms with Crippen molar-refractivity contribution in [3.8, 4) is 0 Å². The molecule has 2 heteroatoms. The molecule has 1 saturated heterocycles. The molecule has 0 aromatic heterocycles. The van der Waals surface area contributed by atoms with Crippen LogP contribution in [0.2, 0.25) is 0 Å². The zero-order valence-corrected chi connectivity index (χ0v) is 12.8. The Balaban J connectivity index is 0.000000461. The van der Waals surface area contributed by atoms with Crippen molar-refractivity contribution in [3.05, 3.63) is 71.8 Å². The van der Waals surface area contributed by atoms with Crippen LogP contribution < -0.4 is 0 Å². The average Bonchev–Trinajstić information content (AvgIpc) is 2.52. The van der Waals surface area contributed by atoms with Crippen LogP contribution >= 0.6 is 0 Å². The van der Waals surface area contributed by atoms with Gasteiger partial charge in [0.1, 0.15) is 0 Å². The molecule has 0 atom stereocenters. The van der Waals surface area contributed by atoms with Crippen LogP contribution in [0.5, 0.6) is 0 Å². The van der Waals surface area contributed by atoms with Crippen LogP contribution in [0.25, 0.3) is 0 Å². The fourth-order valence-electron chi connectivity index (χ4n) is 1.99. The van der Waals surface area contributed by atoms with Gasteiger partial charge in [-0.05, 0) is 0 Å². The zero-order valence-electron chi connectivity index (χ0n) is 12.8. The van der Waals surface area contributed by atoms with Gasteiger partial charge in [-0.2, -0.15) is 0 Å². The molecule has 20 heavy (non-hydrogen) atoms. The molecule has 1 fully saturated rings. The van der Waals surface area contributed by atoms with E-state index in [9.17, 15) is 0 Å². The molecule has 2 nitrogen and oxygen atoms in total. The van der Waals surface area contributed by atoms with Crippen molar-refractivity contribution in [2.24, 2.45) is 0 Å². The summed E-state index contributed by atoms with van der Waals surface area (Å²) in [7, 11) is 0. The third kappa shape index (κ3) is 3.27. The second-order valence-corrected chi connectivity index (χ2v) is 3.76. The first kappa shape index (κ1) is 16.4. The van der Waals surface area contributed by atoms with E-state index in [0.29, 0.717) is 6.79 Å². The van der Waals surface area contributed by atoms with E-state index in [2.05, 4.69) is 0 Å². The van der Waals surface area contributed by atoms with Gasteiger partial charge in [0, 0.05) is 11.1 Å². The maximum absolute atomic E-state index is 5.67. The number of rotatable bonds is 2. The van der Waals surface area contributed by atoms with Gasteiger partial charge in [-0.3, -0.25) is 0 Å². The first-order valence-electron chi connectivity index (χ1n) is 7.31. The Morgan fingerprint density at radius 3 is 1.25 bits per heavy atom. The largest absolute Gasteiger partial charge is 0.315 e. The zero-order chi connectivity index (χ0) is 14.8. The number of ether oxygens (including phenoxy) is 2. The highest BCUT2D eigenvalue weighted by Gasteiger charge is 2.43. The van der Waals surface area contributed by atoms with Crippen molar-refractivity contribution in [3.63, 3.8) is 0 Å². The molecular formula is C18H24O2. The Morgan fingerprint density at radius 2 is 1.00 bits per heavy atom. The van der Waals surface area contributed by atoms with E-state index in [4.69, 9.17) is 9.47 Å². The first-order valence-corrected chi connectivity index (χ1v) is 7.31. The van der Waals surface area contributed by atoms with Gasteiger partial charge in [-0.25, -0.2) is 0 Å². The summed E-state index contributed by atoms with van der Waals surface area (Å²) in [6, 6.07) is 20.0. The maximum atomic E-state index is 5.67. The highest BCUT2D eigenvalue weighted by Crippen LogP contribution is 2.40. The molecule has 0 saturated carbocycles. The minimum Gasteiger partial charge on any atom is -0.315 e. The van der Waals surface area contributed by atoms with Crippen LogP contribution in [0.15, 0.2) is 60.7 Å². The van der Waals surface area contributed by atoms with Crippen molar-refractivity contribution in [1.29, 1.82) is 0 Å². The highest BCUT2D eigenvalue weighted by molar-refractivity contribution is 5.34. The van der Waals surface area contributed by atoms with Crippen molar-refractivity contribution < 1.29 is 9.47 Å². The molecule has 108 valence electrons. The van der Waals surface area contributed by atoms with Gasteiger partial charge in [0.05, 0.1) is 0 Å². The molecule has 0 amide bonds. The van der Waals surface area contributed by atoms with E-state index < -0.39 is 5.79 Å². The standard InChI is InChI=1S/C14H12O2.2C2H6/c1-3-7-12(8-4-1)14(15-11-16-14)13-9-5-2-6-10-13;2*1-2/h1-10H,11H2;2*1-2H3. The van der Waals surface area contributed by atoms with Crippen molar-refractivity contribution in [2.45, 2.75) is 33.5 Å². The molecule has 0 unspecified atom stereocenters. The Kier molecular flexibility index (Phi) is 6.99. The summed E-state index contributed by atoms with van der Waals surface area (Å²) < 4.78 is 11.3. The quantitative estimate of drug-likeness (QED) is 0.770. The molecule has 0 aliphatic carbocycles. The Labute approximate surface area is 122 Å². The average molecular weight is 272 g/mol. The van der Waals surface area contributed by atoms with Gasteiger partial charge in [-0.15, -0.1) is 0 Å². The molecule has 1 aliphatic rings. The highest BCUT2D eigenvalue weighted by atomic mass is 16.9. The lowest BCUT2D eigenvalue weighted by Crippen LogP contribution is -2.44. The second kappa shape index (κ2) is 8.51. The molecule has 2 aromatic rings. The summed E-state index contributed by atoms with van der Waals surface area (Å²) >= 11 is 0. The van der Waals surface area contributed by atoms with E-state index in [1.807, 2.05) is 88.4 Å². The van der Waals surface area contributed by atoms with Crippen molar-refractivity contribution in [1.82, 2.24) is 0 Å². The minimum atomic E-state index is -0.692. The fourth-order valence-corrected chi connectivity index (χ4v) is 1.99. The summed E-state index contributed by atoms with van der Waals surface area (Å²) in [5, 5.41) is 0. The van der Waals surface area contributed by atoms with Crippen molar-refractivity contribution in [2.75, 3.05) is 6.79 Å². The lowest BCUT2D eigenvalue weighted by atomic mass is 9.96. The molecule has 3 rings (SSSR count). The molecule has 1 heterocycles. The number of hydrogen-bond donors (Lipinski definition) is 0. The van der Waals surface area contributed by atoms with E-state index in [1.165, 1.54) is 0 Å². The van der Waals surface area contributed by atoms with Crippen LogP contribution in [-0.2, 0) is 15.3 Å². The van der Waals surface area contributed by atoms with Gasteiger partial charge in [-0.1, -0.05) is 88.4 Å². The van der Waals surface area contributed by atoms with E-state index in [0.717, 1.165) is 11.1 Å². The van der Waals surface area contributed by atoms with Crippen molar-refractivity contribution >= 4 is 0 Å². The van der Waals surface area contributed by atoms with Gasteiger partial charge >= 0.3 is 0 Å². The molecule has 0 spiro atoms. The first-order chi connectivity index (χ1) is 9.92. The van der Waals surface area contributed by atoms with Gasteiger partial charge in [0.15, 0.2) is 6.79 Å². The van der Waals surface area contributed by atoms with E-state index in [1.54, 1.807) is 0 Å². The lowest BCUT2D eigenvalue weighted by molar-refractivity contribution is -0.386. The molecular weight excluding hydrogens is 248 g/mol. The monoisotopic (exact) mass is 272 g/mol. The predicted molar refractivity (Wildman–Crippen MR) is 83.4 cm³/mol. The third-order valence-electron chi connectivity index (χ3n) is 2.83. The number of hydrogen-bond acceptors (Lipinski definition) is 2. The van der Waals surface area contributed by atoms with Crippen LogP contribution in [-0.4, -0.2) is 6.79 Å². The lowest BCUT2D eigenvalue weighted by Gasteiger charge is -2.42. The topological polar surface area (TPSA) is 18.5 Å². The van der Waals surface area contributed by atoms with Gasteiger partial charge < -0.3 is 9.47 Å². The molecule has 1 aliphatic heterocycles. The predicted octanol–water partition coefficient (Wildman–Crippen LogP) is 4.94. The summed E-state index contributed by atoms with van der Waals surface area (Å²) in [6.45, 7) is 8.35. The van der Waals surface area contributed by atoms with Crippen LogP contribution in [0.3, 0.4) is 0 Å². The Morgan fingerprint density at radius 1 is 0.650 bits per heavy atom. The molecule has 0 bridgehead atoms. The normalized spacial score (nSPS) is 14.8. The van der Waals surface area contributed by atoms with Crippen LogP contribution in [0.4, 0.5) is 0 Å². The summed E-state index contributed by atoms with van der Waals surface area (Å²) in [5.41, 5.74) is 2.07. The summed E-state index contributed by atoms with van der Waals surface area (Å²) in [5.74, 6) is -0.692. The fraction of sp³-hybridized carbons (Fsp3) is 0.333.